The Labute approximate surface area is 189 Å². The van der Waals surface area contributed by atoms with Crippen molar-refractivity contribution in [2.45, 2.75) is 104 Å². The molecule has 0 radical (unpaired) electrons. The normalized spacial score (nSPS) is 14.5. The van der Waals surface area contributed by atoms with E-state index in [0.717, 1.165) is 12.8 Å². The summed E-state index contributed by atoms with van der Waals surface area (Å²) in [5, 5.41) is 26.9. The van der Waals surface area contributed by atoms with Crippen LogP contribution in [-0.2, 0) is 10.1 Å². The fraction of sp³-hybridized carbons (Fsp3) is 0.739. The summed E-state index contributed by atoms with van der Waals surface area (Å²) in [6.45, 7) is 6.68. The topological polar surface area (TPSA) is 107 Å². The van der Waals surface area contributed by atoms with Gasteiger partial charge in [0.25, 0.3) is 0 Å². The predicted molar refractivity (Wildman–Crippen MR) is 125 cm³/mol. The number of benzene rings is 1. The first kappa shape index (κ1) is 29.8. The highest BCUT2D eigenvalue weighted by Crippen LogP contribution is 2.14. The molecule has 0 fully saturated rings. The van der Waals surface area contributed by atoms with Gasteiger partial charge in [0, 0.05) is 0 Å². The molecule has 1 aromatic rings. The van der Waals surface area contributed by atoms with Gasteiger partial charge in [-0.2, -0.15) is 8.42 Å². The number of aliphatic hydroxyl groups excluding tert-OH is 3. The lowest BCUT2D eigenvalue weighted by molar-refractivity contribution is -0.159. The van der Waals surface area contributed by atoms with Crippen molar-refractivity contribution in [2.75, 3.05) is 5.75 Å². The Morgan fingerprint density at radius 2 is 1.19 bits per heavy atom. The van der Waals surface area contributed by atoms with Crippen molar-refractivity contribution in [2.24, 2.45) is 0 Å². The van der Waals surface area contributed by atoms with Crippen LogP contribution in [0.4, 0.5) is 0 Å². The van der Waals surface area contributed by atoms with Gasteiger partial charge in [-0.3, -0.25) is 0 Å². The molecule has 0 saturated heterocycles. The average Bonchev–Trinajstić information content (AvgIpc) is 2.66. The van der Waals surface area contributed by atoms with Gasteiger partial charge in [0.05, 0.1) is 5.75 Å². The molecular weight excluding hydrogens is 418 g/mol. The lowest BCUT2D eigenvalue weighted by atomic mass is 10.1. The molecule has 31 heavy (non-hydrogen) atoms. The van der Waals surface area contributed by atoms with Crippen LogP contribution in [0, 0.1) is 0 Å². The zero-order valence-electron chi connectivity index (χ0n) is 19.6. The number of nitrogens with zero attached hydrogens (tertiary/aromatic N) is 1. The smallest absolute Gasteiger partial charge is 0.309 e. The monoisotopic (exact) mass is 461 g/mol. The molecule has 1 rings (SSSR count). The van der Waals surface area contributed by atoms with E-state index < -0.39 is 28.8 Å². The van der Waals surface area contributed by atoms with Crippen LogP contribution < -0.4 is 4.18 Å². The fourth-order valence-electron chi connectivity index (χ4n) is 3.19. The molecule has 0 heterocycles. The van der Waals surface area contributed by atoms with E-state index in [1.807, 2.05) is 6.07 Å². The molecule has 3 atom stereocenters. The lowest BCUT2D eigenvalue weighted by Gasteiger charge is -2.30. The first-order valence-electron chi connectivity index (χ1n) is 11.4. The summed E-state index contributed by atoms with van der Waals surface area (Å²) in [6, 6.07) is 8.69. The predicted octanol–water partition coefficient (Wildman–Crippen LogP) is 4.23. The van der Waals surface area contributed by atoms with E-state index in [1.54, 1.807) is 24.3 Å². The van der Waals surface area contributed by atoms with Crippen LogP contribution in [0.5, 0.6) is 5.75 Å². The van der Waals surface area contributed by atoms with Crippen molar-refractivity contribution in [3.05, 3.63) is 30.3 Å². The number of hydrogen-bond acceptors (Lipinski definition) is 7. The van der Waals surface area contributed by atoms with Crippen molar-refractivity contribution >= 4 is 10.1 Å². The Bertz CT molecular complexity index is 616. The Hall–Kier alpha value is -1.19. The first-order chi connectivity index (χ1) is 14.6. The van der Waals surface area contributed by atoms with Gasteiger partial charge >= 0.3 is 10.1 Å². The molecule has 0 spiro atoms. The molecule has 0 aliphatic rings. The summed E-state index contributed by atoms with van der Waals surface area (Å²) in [5.74, 6) is 0.506. The van der Waals surface area contributed by atoms with E-state index in [2.05, 4.69) is 6.92 Å². The number of rotatable bonds is 15. The number of para-hydroxylation sites is 1. The van der Waals surface area contributed by atoms with Crippen molar-refractivity contribution in [3.8, 4) is 5.75 Å². The molecular formula is C23H43NO6S. The molecule has 0 saturated carbocycles. The van der Waals surface area contributed by atoms with E-state index in [1.165, 1.54) is 64.2 Å². The van der Waals surface area contributed by atoms with Crippen LogP contribution in [0.2, 0.25) is 0 Å². The molecule has 0 aliphatic heterocycles. The zero-order chi connectivity index (χ0) is 23.7. The highest BCUT2D eigenvalue weighted by atomic mass is 32.2. The Morgan fingerprint density at radius 1 is 0.774 bits per heavy atom. The first-order valence-corrected chi connectivity index (χ1v) is 13.0. The highest BCUT2D eigenvalue weighted by molar-refractivity contribution is 7.87. The van der Waals surface area contributed by atoms with E-state index in [0.29, 0.717) is 12.2 Å². The van der Waals surface area contributed by atoms with Gasteiger partial charge < -0.3 is 19.5 Å². The van der Waals surface area contributed by atoms with Crippen LogP contribution in [0.3, 0.4) is 0 Å². The molecule has 0 bridgehead atoms. The summed E-state index contributed by atoms with van der Waals surface area (Å²) >= 11 is 0. The summed E-state index contributed by atoms with van der Waals surface area (Å²) in [4.78, 5) is 1.17. The van der Waals surface area contributed by atoms with Crippen molar-refractivity contribution < 1.29 is 27.9 Å². The summed E-state index contributed by atoms with van der Waals surface area (Å²) < 4.78 is 28.6. The third-order valence-corrected chi connectivity index (χ3v) is 5.99. The van der Waals surface area contributed by atoms with Gasteiger partial charge in [-0.1, -0.05) is 76.5 Å². The summed E-state index contributed by atoms with van der Waals surface area (Å²) in [7, 11) is -3.44. The SMILES string of the molecule is CC(O)N(C(C)O)C(C)O.CCCCCCCCCCCS(=O)(=O)Oc1ccccc1. The van der Waals surface area contributed by atoms with E-state index in [9.17, 15) is 8.42 Å². The van der Waals surface area contributed by atoms with Crippen molar-refractivity contribution in [1.82, 2.24) is 4.90 Å². The average molecular weight is 462 g/mol. The second kappa shape index (κ2) is 17.4. The van der Waals surface area contributed by atoms with Crippen LogP contribution >= 0.6 is 0 Å². The minimum absolute atomic E-state index is 0.109. The minimum Gasteiger partial charge on any atom is -0.382 e. The van der Waals surface area contributed by atoms with E-state index in [4.69, 9.17) is 19.5 Å². The van der Waals surface area contributed by atoms with Crippen LogP contribution in [0.15, 0.2) is 30.3 Å². The van der Waals surface area contributed by atoms with Crippen molar-refractivity contribution in [3.63, 3.8) is 0 Å². The molecule has 3 unspecified atom stereocenters. The number of aliphatic hydroxyl groups is 3. The minimum atomic E-state index is -3.44. The Balaban J connectivity index is 0.000000759. The Morgan fingerprint density at radius 3 is 1.58 bits per heavy atom. The summed E-state index contributed by atoms with van der Waals surface area (Å²) in [5.41, 5.74) is 0. The second-order valence-corrected chi connectivity index (χ2v) is 9.52. The van der Waals surface area contributed by atoms with Gasteiger partial charge in [-0.05, 0) is 39.3 Å². The van der Waals surface area contributed by atoms with Crippen LogP contribution in [0.25, 0.3) is 0 Å². The molecule has 3 N–H and O–H groups in total. The molecule has 0 amide bonds. The molecule has 182 valence electrons. The third-order valence-electron chi connectivity index (χ3n) is 4.76. The van der Waals surface area contributed by atoms with Gasteiger partial charge in [-0.15, -0.1) is 0 Å². The summed E-state index contributed by atoms with van der Waals surface area (Å²) in [6.07, 6.45) is 7.99. The van der Waals surface area contributed by atoms with Gasteiger partial charge in [0.2, 0.25) is 0 Å². The number of hydrogen-bond donors (Lipinski definition) is 3. The van der Waals surface area contributed by atoms with Gasteiger partial charge in [-0.25, -0.2) is 4.90 Å². The third kappa shape index (κ3) is 16.1. The maximum Gasteiger partial charge on any atom is 0.309 e. The van der Waals surface area contributed by atoms with Gasteiger partial charge in [0.15, 0.2) is 0 Å². The molecule has 8 heteroatoms. The Kier molecular flexibility index (Phi) is 16.7. The molecule has 1 aromatic carbocycles. The zero-order valence-corrected chi connectivity index (χ0v) is 20.4. The van der Waals surface area contributed by atoms with E-state index in [-0.39, 0.29) is 5.75 Å². The number of unbranched alkanes of at least 4 members (excludes halogenated alkanes) is 8. The van der Waals surface area contributed by atoms with Crippen LogP contribution in [0.1, 0.15) is 85.5 Å². The maximum atomic E-state index is 11.8. The van der Waals surface area contributed by atoms with E-state index >= 15 is 0 Å². The maximum absolute atomic E-state index is 11.8. The molecule has 0 aromatic heterocycles. The standard InChI is InChI=1S/C17H28O3S.C6H15NO3/c1-2-3-4-5-6-7-8-9-13-16-21(18,19)20-17-14-11-10-12-15-17;1-4(8)7(5(2)9)6(3)10/h10-12,14-15H,2-9,13,16H2,1H3;4-6,8-10H,1-3H3. The molecule has 0 aliphatic carbocycles. The van der Waals surface area contributed by atoms with Crippen molar-refractivity contribution in [1.29, 1.82) is 0 Å². The largest absolute Gasteiger partial charge is 0.382 e. The van der Waals surface area contributed by atoms with Crippen LogP contribution in [-0.4, -0.2) is 53.1 Å². The second-order valence-electron chi connectivity index (χ2n) is 7.83. The fourth-order valence-corrected chi connectivity index (χ4v) is 4.24. The quantitative estimate of drug-likeness (QED) is 0.204. The highest BCUT2D eigenvalue weighted by Gasteiger charge is 2.20. The lowest BCUT2D eigenvalue weighted by Crippen LogP contribution is -2.45. The van der Waals surface area contributed by atoms with Gasteiger partial charge in [0.1, 0.15) is 24.4 Å². The molecule has 7 nitrogen and oxygen atoms in total.